The minimum Gasteiger partial charge on any atom is -0.399 e. The predicted octanol–water partition coefficient (Wildman–Crippen LogP) is 3.72. The van der Waals surface area contributed by atoms with Crippen LogP contribution in [0.5, 0.6) is 0 Å². The van der Waals surface area contributed by atoms with Crippen LogP contribution in [0.25, 0.3) is 0 Å². The molecule has 2 aliphatic rings. The van der Waals surface area contributed by atoms with Crippen LogP contribution in [0.2, 0.25) is 0 Å². The van der Waals surface area contributed by atoms with E-state index in [2.05, 4.69) is 33.8 Å². The summed E-state index contributed by atoms with van der Waals surface area (Å²) >= 11 is 3.36. The number of halogens is 2. The van der Waals surface area contributed by atoms with Gasteiger partial charge in [0.15, 0.2) is 5.41 Å². The number of nitrogens with two attached hydrogens (primary N) is 1. The molecular formula is C21H19BrFN5. The Balaban J connectivity index is 2.32. The van der Waals surface area contributed by atoms with Gasteiger partial charge in [-0.3, -0.25) is 4.90 Å². The monoisotopic (exact) mass is 439 g/mol. The van der Waals surface area contributed by atoms with Crippen LogP contribution >= 0.6 is 15.9 Å². The zero-order valence-electron chi connectivity index (χ0n) is 15.4. The molecule has 1 aliphatic heterocycles. The largest absolute Gasteiger partial charge is 0.399 e. The lowest BCUT2D eigenvalue weighted by molar-refractivity contribution is 0.205. The molecule has 0 saturated heterocycles. The van der Waals surface area contributed by atoms with E-state index in [-0.39, 0.29) is 22.8 Å². The van der Waals surface area contributed by atoms with E-state index in [9.17, 15) is 20.2 Å². The van der Waals surface area contributed by atoms with Crippen LogP contribution in [0.3, 0.4) is 0 Å². The fourth-order valence-corrected chi connectivity index (χ4v) is 4.71. The van der Waals surface area contributed by atoms with Crippen molar-refractivity contribution in [3.05, 3.63) is 57.0 Å². The number of benzene rings is 1. The van der Waals surface area contributed by atoms with Gasteiger partial charge >= 0.3 is 0 Å². The first-order chi connectivity index (χ1) is 13.4. The summed E-state index contributed by atoms with van der Waals surface area (Å²) in [5.74, 6) is -1.70. The number of rotatable bonds is 3. The molecule has 0 bridgehead atoms. The van der Waals surface area contributed by atoms with Crippen LogP contribution in [-0.2, 0) is 0 Å². The van der Waals surface area contributed by atoms with Crippen molar-refractivity contribution in [2.45, 2.75) is 19.3 Å². The Hall–Kier alpha value is -2.66. The molecule has 3 rings (SSSR count). The standard InChI is InChI=1S/C21H19BrFN5/c1-2-6-28-7-5-14-16(9-24)20(27)21(11-25,12-26)19(17(14)10-28)15-8-13(22)3-4-18(15)23/h3-5,8,17,19H,2,6-7,10,27H2,1H3/t17-,19+/m0/s1. The number of nitriles is 3. The highest BCUT2D eigenvalue weighted by atomic mass is 79.9. The molecule has 28 heavy (non-hydrogen) atoms. The summed E-state index contributed by atoms with van der Waals surface area (Å²) in [6, 6.07) is 10.6. The average molecular weight is 440 g/mol. The molecule has 2 atom stereocenters. The molecule has 0 radical (unpaired) electrons. The van der Waals surface area contributed by atoms with Gasteiger partial charge in [-0.25, -0.2) is 4.39 Å². The third-order valence-corrected chi connectivity index (χ3v) is 6.07. The number of fused-ring (bicyclic) bond motifs is 1. The summed E-state index contributed by atoms with van der Waals surface area (Å²) in [6.07, 6.45) is 2.87. The third kappa shape index (κ3) is 3.00. The van der Waals surface area contributed by atoms with E-state index in [4.69, 9.17) is 5.73 Å². The van der Waals surface area contributed by atoms with E-state index in [0.29, 0.717) is 23.1 Å². The van der Waals surface area contributed by atoms with Crippen molar-refractivity contribution in [2.75, 3.05) is 19.6 Å². The molecule has 0 spiro atoms. The number of allylic oxidation sites excluding steroid dienone is 2. The summed E-state index contributed by atoms with van der Waals surface area (Å²) < 4.78 is 15.5. The first-order valence-electron chi connectivity index (χ1n) is 9.04. The molecule has 5 nitrogen and oxygen atoms in total. The van der Waals surface area contributed by atoms with Gasteiger partial charge < -0.3 is 5.73 Å². The molecule has 1 aromatic rings. The Morgan fingerprint density at radius 1 is 1.32 bits per heavy atom. The minimum atomic E-state index is -1.82. The summed E-state index contributed by atoms with van der Waals surface area (Å²) in [5, 5.41) is 29.7. The number of hydrogen-bond acceptors (Lipinski definition) is 5. The molecule has 0 aromatic heterocycles. The highest BCUT2D eigenvalue weighted by Crippen LogP contribution is 2.54. The lowest BCUT2D eigenvalue weighted by Gasteiger charge is -2.45. The van der Waals surface area contributed by atoms with Crippen LogP contribution in [0.4, 0.5) is 4.39 Å². The Kier molecular flexibility index (Phi) is 5.57. The summed E-state index contributed by atoms with van der Waals surface area (Å²) in [6.45, 7) is 4.08. The average Bonchev–Trinajstić information content (AvgIpc) is 2.70. The molecule has 0 amide bonds. The maximum absolute atomic E-state index is 14.9. The molecule has 1 aromatic carbocycles. The maximum atomic E-state index is 14.9. The van der Waals surface area contributed by atoms with E-state index >= 15 is 0 Å². The molecule has 142 valence electrons. The van der Waals surface area contributed by atoms with E-state index < -0.39 is 17.2 Å². The second-order valence-electron chi connectivity index (χ2n) is 7.10. The van der Waals surface area contributed by atoms with Crippen molar-refractivity contribution in [2.24, 2.45) is 17.1 Å². The van der Waals surface area contributed by atoms with Gasteiger partial charge in [0.25, 0.3) is 0 Å². The lowest BCUT2D eigenvalue weighted by atomic mass is 9.58. The van der Waals surface area contributed by atoms with Crippen LogP contribution in [0, 0.1) is 51.1 Å². The minimum absolute atomic E-state index is 0.0872. The van der Waals surface area contributed by atoms with Crippen LogP contribution in [-0.4, -0.2) is 24.5 Å². The Morgan fingerprint density at radius 3 is 2.64 bits per heavy atom. The third-order valence-electron chi connectivity index (χ3n) is 5.57. The lowest BCUT2D eigenvalue weighted by Crippen LogP contribution is -2.48. The van der Waals surface area contributed by atoms with E-state index in [0.717, 1.165) is 13.0 Å². The van der Waals surface area contributed by atoms with Gasteiger partial charge in [-0.05, 0) is 42.3 Å². The fraction of sp³-hybridized carbons (Fsp3) is 0.381. The molecule has 2 N–H and O–H groups in total. The quantitative estimate of drug-likeness (QED) is 0.772. The van der Waals surface area contributed by atoms with Gasteiger partial charge in [0.05, 0.1) is 23.4 Å². The zero-order chi connectivity index (χ0) is 20.5. The topological polar surface area (TPSA) is 101 Å². The van der Waals surface area contributed by atoms with Crippen LogP contribution in [0.1, 0.15) is 24.8 Å². The van der Waals surface area contributed by atoms with Gasteiger partial charge in [-0.15, -0.1) is 0 Å². The summed E-state index contributed by atoms with van der Waals surface area (Å²) in [5.41, 5.74) is 5.47. The highest BCUT2D eigenvalue weighted by molar-refractivity contribution is 9.10. The first-order valence-corrected chi connectivity index (χ1v) is 9.83. The summed E-state index contributed by atoms with van der Waals surface area (Å²) in [4.78, 5) is 2.19. The van der Waals surface area contributed by atoms with Gasteiger partial charge in [-0.1, -0.05) is 28.9 Å². The molecule has 0 unspecified atom stereocenters. The van der Waals surface area contributed by atoms with Crippen LogP contribution < -0.4 is 5.73 Å². The van der Waals surface area contributed by atoms with Gasteiger partial charge in [0.1, 0.15) is 11.9 Å². The number of nitrogens with zero attached hydrogens (tertiary/aromatic N) is 4. The van der Waals surface area contributed by atoms with Crippen molar-refractivity contribution in [3.8, 4) is 18.2 Å². The molecule has 1 heterocycles. The molecule has 1 aliphatic carbocycles. The smallest absolute Gasteiger partial charge is 0.191 e. The van der Waals surface area contributed by atoms with E-state index in [1.165, 1.54) is 6.07 Å². The second-order valence-corrected chi connectivity index (χ2v) is 8.02. The number of hydrogen-bond donors (Lipinski definition) is 1. The first kappa shape index (κ1) is 20.1. The molecular weight excluding hydrogens is 421 g/mol. The van der Waals surface area contributed by atoms with Crippen molar-refractivity contribution in [1.29, 1.82) is 15.8 Å². The predicted molar refractivity (Wildman–Crippen MR) is 106 cm³/mol. The molecule has 0 saturated carbocycles. The summed E-state index contributed by atoms with van der Waals surface area (Å²) in [7, 11) is 0. The SMILES string of the molecule is CCCN1CC=C2C(C#N)=C(N)C(C#N)(C#N)[C@H](c3cc(Br)ccc3F)[C@H]2C1. The Bertz CT molecular complexity index is 978. The van der Waals surface area contributed by atoms with Crippen molar-refractivity contribution in [3.63, 3.8) is 0 Å². The van der Waals surface area contributed by atoms with Crippen molar-refractivity contribution < 1.29 is 4.39 Å². The van der Waals surface area contributed by atoms with Gasteiger partial charge in [0.2, 0.25) is 0 Å². The van der Waals surface area contributed by atoms with Crippen molar-refractivity contribution >= 4 is 15.9 Å². The van der Waals surface area contributed by atoms with E-state index in [1.54, 1.807) is 12.1 Å². The highest BCUT2D eigenvalue weighted by Gasteiger charge is 2.55. The fourth-order valence-electron chi connectivity index (χ4n) is 4.34. The second kappa shape index (κ2) is 7.76. The maximum Gasteiger partial charge on any atom is 0.191 e. The molecule has 0 fully saturated rings. The zero-order valence-corrected chi connectivity index (χ0v) is 17.0. The van der Waals surface area contributed by atoms with Gasteiger partial charge in [0, 0.05) is 29.4 Å². The van der Waals surface area contributed by atoms with Crippen molar-refractivity contribution in [1.82, 2.24) is 4.90 Å². The van der Waals surface area contributed by atoms with Gasteiger partial charge in [-0.2, -0.15) is 15.8 Å². The molecule has 7 heteroatoms. The Labute approximate surface area is 172 Å². The Morgan fingerprint density at radius 2 is 2.04 bits per heavy atom. The van der Waals surface area contributed by atoms with E-state index in [1.807, 2.05) is 18.2 Å². The van der Waals surface area contributed by atoms with Crippen LogP contribution in [0.15, 0.2) is 45.6 Å². The normalized spacial score (nSPS) is 23.8.